The summed E-state index contributed by atoms with van der Waals surface area (Å²) in [6.07, 6.45) is 2.70. The maximum absolute atomic E-state index is 13.1. The SMILES string of the molecule is CCC(=O)CCCc1cccc(F)c1Br. The van der Waals surface area contributed by atoms with Crippen molar-refractivity contribution in [3.05, 3.63) is 34.1 Å². The van der Waals surface area contributed by atoms with E-state index >= 15 is 0 Å². The molecule has 0 aliphatic rings. The van der Waals surface area contributed by atoms with Gasteiger partial charge in [0.15, 0.2) is 0 Å². The number of hydrogen-bond donors (Lipinski definition) is 0. The minimum atomic E-state index is -0.241. The van der Waals surface area contributed by atoms with Gasteiger partial charge in [-0.05, 0) is 40.4 Å². The van der Waals surface area contributed by atoms with Crippen LogP contribution in [-0.2, 0) is 11.2 Å². The number of ketones is 1. The lowest BCUT2D eigenvalue weighted by atomic mass is 10.1. The average molecular weight is 273 g/mol. The molecule has 0 unspecified atom stereocenters. The third-order valence-corrected chi connectivity index (χ3v) is 3.22. The van der Waals surface area contributed by atoms with Crippen LogP contribution in [-0.4, -0.2) is 5.78 Å². The van der Waals surface area contributed by atoms with Crippen molar-refractivity contribution in [1.29, 1.82) is 0 Å². The van der Waals surface area contributed by atoms with E-state index in [1.54, 1.807) is 6.07 Å². The van der Waals surface area contributed by atoms with Crippen LogP contribution in [0.5, 0.6) is 0 Å². The van der Waals surface area contributed by atoms with Gasteiger partial charge in [0.25, 0.3) is 0 Å². The highest BCUT2D eigenvalue weighted by molar-refractivity contribution is 9.10. The molecule has 1 aromatic rings. The van der Waals surface area contributed by atoms with Gasteiger partial charge in [0.1, 0.15) is 11.6 Å². The monoisotopic (exact) mass is 272 g/mol. The molecule has 0 aliphatic heterocycles. The van der Waals surface area contributed by atoms with E-state index in [0.29, 0.717) is 17.3 Å². The highest BCUT2D eigenvalue weighted by Gasteiger charge is 2.05. The molecule has 0 heterocycles. The molecule has 0 fully saturated rings. The largest absolute Gasteiger partial charge is 0.300 e. The van der Waals surface area contributed by atoms with Gasteiger partial charge in [0, 0.05) is 12.8 Å². The van der Waals surface area contributed by atoms with Gasteiger partial charge in [0.05, 0.1) is 4.47 Å². The Morgan fingerprint density at radius 2 is 2.20 bits per heavy atom. The molecule has 0 amide bonds. The van der Waals surface area contributed by atoms with Crippen LogP contribution < -0.4 is 0 Å². The van der Waals surface area contributed by atoms with Crippen LogP contribution >= 0.6 is 15.9 Å². The highest BCUT2D eigenvalue weighted by Crippen LogP contribution is 2.21. The summed E-state index contributed by atoms with van der Waals surface area (Å²) in [4.78, 5) is 11.1. The van der Waals surface area contributed by atoms with Crippen LogP contribution in [0.3, 0.4) is 0 Å². The molecular formula is C12H14BrFO. The van der Waals surface area contributed by atoms with E-state index in [1.165, 1.54) is 6.07 Å². The zero-order valence-corrected chi connectivity index (χ0v) is 10.3. The fourth-order valence-corrected chi connectivity index (χ4v) is 1.86. The zero-order chi connectivity index (χ0) is 11.3. The summed E-state index contributed by atoms with van der Waals surface area (Å²) < 4.78 is 13.6. The third kappa shape index (κ3) is 3.74. The maximum Gasteiger partial charge on any atom is 0.137 e. The van der Waals surface area contributed by atoms with E-state index in [9.17, 15) is 9.18 Å². The van der Waals surface area contributed by atoms with Crippen molar-refractivity contribution in [2.45, 2.75) is 32.6 Å². The predicted octanol–water partition coefficient (Wildman–Crippen LogP) is 3.89. The Bertz CT molecular complexity index is 349. The Morgan fingerprint density at radius 1 is 1.47 bits per heavy atom. The quantitative estimate of drug-likeness (QED) is 0.795. The van der Waals surface area contributed by atoms with E-state index in [4.69, 9.17) is 0 Å². The number of carbonyl (C=O) groups is 1. The molecule has 0 spiro atoms. The lowest BCUT2D eigenvalue weighted by Gasteiger charge is -2.04. The Morgan fingerprint density at radius 3 is 2.87 bits per heavy atom. The van der Waals surface area contributed by atoms with Crippen molar-refractivity contribution in [2.24, 2.45) is 0 Å². The number of Topliss-reactive ketones (excluding diaryl/α,β-unsaturated/α-hetero) is 1. The molecular weight excluding hydrogens is 259 g/mol. The van der Waals surface area contributed by atoms with E-state index in [-0.39, 0.29) is 11.6 Å². The fraction of sp³-hybridized carbons (Fsp3) is 0.417. The van der Waals surface area contributed by atoms with E-state index in [2.05, 4.69) is 15.9 Å². The standard InChI is InChI=1S/C12H14BrFO/c1-2-10(15)7-3-5-9-6-4-8-11(14)12(9)13/h4,6,8H,2-3,5,7H2,1H3. The first kappa shape index (κ1) is 12.4. The summed E-state index contributed by atoms with van der Waals surface area (Å²) in [5.41, 5.74) is 0.930. The molecule has 0 aliphatic carbocycles. The molecule has 0 bridgehead atoms. The second-order valence-corrected chi connectivity index (χ2v) is 4.25. The average Bonchev–Trinajstić information content (AvgIpc) is 2.24. The number of halogens is 2. The molecule has 0 aromatic heterocycles. The van der Waals surface area contributed by atoms with Crippen molar-refractivity contribution < 1.29 is 9.18 Å². The van der Waals surface area contributed by atoms with Crippen molar-refractivity contribution in [3.8, 4) is 0 Å². The Labute approximate surface area is 97.8 Å². The molecule has 0 saturated carbocycles. The summed E-state index contributed by atoms with van der Waals surface area (Å²) >= 11 is 3.20. The number of aryl methyl sites for hydroxylation is 1. The molecule has 3 heteroatoms. The summed E-state index contributed by atoms with van der Waals surface area (Å²) in [7, 11) is 0. The van der Waals surface area contributed by atoms with Crippen molar-refractivity contribution in [3.63, 3.8) is 0 Å². The summed E-state index contributed by atoms with van der Waals surface area (Å²) in [5, 5.41) is 0. The predicted molar refractivity (Wildman–Crippen MR) is 62.3 cm³/mol. The molecule has 82 valence electrons. The Hall–Kier alpha value is -0.700. The van der Waals surface area contributed by atoms with E-state index < -0.39 is 0 Å². The first-order valence-electron chi connectivity index (χ1n) is 5.09. The van der Waals surface area contributed by atoms with Crippen molar-refractivity contribution >= 4 is 21.7 Å². The maximum atomic E-state index is 13.1. The first-order valence-corrected chi connectivity index (χ1v) is 5.89. The summed E-state index contributed by atoms with van der Waals surface area (Å²) in [6.45, 7) is 1.86. The summed E-state index contributed by atoms with van der Waals surface area (Å²) in [5.74, 6) is 0.0249. The van der Waals surface area contributed by atoms with Gasteiger partial charge in [-0.3, -0.25) is 4.79 Å². The van der Waals surface area contributed by atoms with E-state index in [1.807, 2.05) is 13.0 Å². The van der Waals surface area contributed by atoms with Crippen LogP contribution in [0.25, 0.3) is 0 Å². The smallest absolute Gasteiger partial charge is 0.137 e. The van der Waals surface area contributed by atoms with Crippen molar-refractivity contribution in [2.75, 3.05) is 0 Å². The van der Waals surface area contributed by atoms with Gasteiger partial charge in [-0.1, -0.05) is 19.1 Å². The van der Waals surface area contributed by atoms with Gasteiger partial charge in [-0.15, -0.1) is 0 Å². The lowest BCUT2D eigenvalue weighted by Crippen LogP contribution is -1.97. The Balaban J connectivity index is 2.51. The number of benzene rings is 1. The second-order valence-electron chi connectivity index (χ2n) is 3.46. The molecule has 1 aromatic carbocycles. The van der Waals surface area contributed by atoms with Gasteiger partial charge < -0.3 is 0 Å². The second kappa shape index (κ2) is 6.01. The lowest BCUT2D eigenvalue weighted by molar-refractivity contribution is -0.118. The van der Waals surface area contributed by atoms with Gasteiger partial charge >= 0.3 is 0 Å². The van der Waals surface area contributed by atoms with Crippen molar-refractivity contribution in [1.82, 2.24) is 0 Å². The van der Waals surface area contributed by atoms with Gasteiger partial charge in [-0.2, -0.15) is 0 Å². The topological polar surface area (TPSA) is 17.1 Å². The minimum Gasteiger partial charge on any atom is -0.300 e. The van der Waals surface area contributed by atoms with Gasteiger partial charge in [-0.25, -0.2) is 4.39 Å². The summed E-state index contributed by atoms with van der Waals surface area (Å²) in [6, 6.07) is 4.99. The molecule has 0 atom stereocenters. The minimum absolute atomic E-state index is 0.241. The number of carbonyl (C=O) groups excluding carboxylic acids is 1. The number of hydrogen-bond acceptors (Lipinski definition) is 1. The molecule has 0 saturated heterocycles. The molecule has 1 rings (SSSR count). The third-order valence-electron chi connectivity index (χ3n) is 2.33. The van der Waals surface area contributed by atoms with E-state index in [0.717, 1.165) is 18.4 Å². The molecule has 15 heavy (non-hydrogen) atoms. The van der Waals surface area contributed by atoms with Crippen LogP contribution in [0.2, 0.25) is 0 Å². The van der Waals surface area contributed by atoms with Crippen LogP contribution in [0, 0.1) is 5.82 Å². The fourth-order valence-electron chi connectivity index (χ4n) is 1.39. The number of rotatable bonds is 5. The molecule has 0 radical (unpaired) electrons. The molecule has 1 nitrogen and oxygen atoms in total. The van der Waals surface area contributed by atoms with Crippen LogP contribution in [0.15, 0.2) is 22.7 Å². The van der Waals surface area contributed by atoms with Crippen LogP contribution in [0.1, 0.15) is 31.7 Å². The zero-order valence-electron chi connectivity index (χ0n) is 8.72. The normalized spacial score (nSPS) is 10.3. The molecule has 0 N–H and O–H groups in total. The first-order chi connectivity index (χ1) is 7.15. The highest BCUT2D eigenvalue weighted by atomic mass is 79.9. The van der Waals surface area contributed by atoms with Gasteiger partial charge in [0.2, 0.25) is 0 Å². The Kier molecular flexibility index (Phi) is 4.95. The van der Waals surface area contributed by atoms with Crippen LogP contribution in [0.4, 0.5) is 4.39 Å².